The number of pyridine rings is 1. The number of rotatable bonds is 1. The van der Waals surface area contributed by atoms with Crippen molar-refractivity contribution in [2.24, 2.45) is 0 Å². The minimum atomic E-state index is 0.378. The van der Waals surface area contributed by atoms with E-state index < -0.39 is 0 Å². The van der Waals surface area contributed by atoms with Crippen LogP contribution in [0.1, 0.15) is 5.56 Å². The Morgan fingerprint density at radius 3 is 3.00 bits per heavy atom. The lowest BCUT2D eigenvalue weighted by atomic mass is 10.2. The standard InChI is InChI=1S/C9H7N5/c10-5-7-4-9(12-6-8(7)11)14-3-1-2-13-14/h1-4,6H,11H2. The second-order valence-electron chi connectivity index (χ2n) is 2.69. The van der Waals surface area contributed by atoms with Crippen LogP contribution in [0.15, 0.2) is 30.7 Å². The van der Waals surface area contributed by atoms with Crippen LogP contribution in [-0.4, -0.2) is 14.8 Å². The molecule has 0 atom stereocenters. The molecule has 0 amide bonds. The number of hydrogen-bond donors (Lipinski definition) is 1. The normalized spacial score (nSPS) is 9.64. The smallest absolute Gasteiger partial charge is 0.154 e. The highest BCUT2D eigenvalue weighted by molar-refractivity contribution is 5.54. The van der Waals surface area contributed by atoms with Crippen molar-refractivity contribution >= 4 is 5.69 Å². The molecular formula is C9H7N5. The Hall–Kier alpha value is -2.35. The maximum atomic E-state index is 8.75. The van der Waals surface area contributed by atoms with Crippen LogP contribution < -0.4 is 5.73 Å². The summed E-state index contributed by atoms with van der Waals surface area (Å²) in [6, 6.07) is 5.37. The van der Waals surface area contributed by atoms with Crippen molar-refractivity contribution in [3.63, 3.8) is 0 Å². The maximum Gasteiger partial charge on any atom is 0.154 e. The van der Waals surface area contributed by atoms with Crippen LogP contribution in [0.4, 0.5) is 5.69 Å². The van der Waals surface area contributed by atoms with Gasteiger partial charge in [0.25, 0.3) is 0 Å². The molecule has 2 heterocycles. The summed E-state index contributed by atoms with van der Waals surface area (Å²) >= 11 is 0. The lowest BCUT2D eigenvalue weighted by molar-refractivity contribution is 0.847. The summed E-state index contributed by atoms with van der Waals surface area (Å²) in [6.45, 7) is 0. The molecule has 0 aliphatic carbocycles. The van der Waals surface area contributed by atoms with Gasteiger partial charge in [-0.25, -0.2) is 9.67 Å². The van der Waals surface area contributed by atoms with Crippen molar-refractivity contribution in [1.82, 2.24) is 14.8 Å². The van der Waals surface area contributed by atoms with Gasteiger partial charge in [-0.15, -0.1) is 0 Å². The third-order valence-corrected chi connectivity index (χ3v) is 1.78. The summed E-state index contributed by atoms with van der Waals surface area (Å²) < 4.78 is 1.57. The first kappa shape index (κ1) is 8.26. The van der Waals surface area contributed by atoms with Gasteiger partial charge in [0, 0.05) is 18.5 Å². The number of nitrogens with two attached hydrogens (primary N) is 1. The quantitative estimate of drug-likeness (QED) is 0.709. The van der Waals surface area contributed by atoms with E-state index >= 15 is 0 Å². The Morgan fingerprint density at radius 1 is 1.50 bits per heavy atom. The van der Waals surface area contributed by atoms with Gasteiger partial charge in [-0.1, -0.05) is 0 Å². The largest absolute Gasteiger partial charge is 0.396 e. The van der Waals surface area contributed by atoms with E-state index in [2.05, 4.69) is 10.1 Å². The summed E-state index contributed by atoms with van der Waals surface area (Å²) in [6.07, 6.45) is 4.85. The zero-order chi connectivity index (χ0) is 9.97. The molecule has 2 aromatic heterocycles. The van der Waals surface area contributed by atoms with Gasteiger partial charge in [0.15, 0.2) is 5.82 Å². The molecule has 0 bridgehead atoms. The Labute approximate surface area is 80.4 Å². The van der Waals surface area contributed by atoms with Crippen LogP contribution >= 0.6 is 0 Å². The average Bonchev–Trinajstić information content (AvgIpc) is 2.71. The van der Waals surface area contributed by atoms with E-state index in [1.807, 2.05) is 6.07 Å². The van der Waals surface area contributed by atoms with Gasteiger partial charge < -0.3 is 5.73 Å². The predicted molar refractivity (Wildman–Crippen MR) is 50.5 cm³/mol. The second kappa shape index (κ2) is 3.18. The molecule has 5 nitrogen and oxygen atoms in total. The Morgan fingerprint density at radius 2 is 2.36 bits per heavy atom. The number of aromatic nitrogens is 3. The molecule has 0 aliphatic heterocycles. The van der Waals surface area contributed by atoms with Gasteiger partial charge >= 0.3 is 0 Å². The molecule has 0 fully saturated rings. The fourth-order valence-corrected chi connectivity index (χ4v) is 1.08. The van der Waals surface area contributed by atoms with Crippen LogP contribution in [0, 0.1) is 11.3 Å². The third-order valence-electron chi connectivity index (χ3n) is 1.78. The fraction of sp³-hybridized carbons (Fsp3) is 0. The van der Waals surface area contributed by atoms with Crippen LogP contribution in [0.2, 0.25) is 0 Å². The molecule has 2 aromatic rings. The van der Waals surface area contributed by atoms with Crippen LogP contribution in [0.5, 0.6) is 0 Å². The highest BCUT2D eigenvalue weighted by Gasteiger charge is 2.02. The average molecular weight is 185 g/mol. The molecule has 68 valence electrons. The van der Waals surface area contributed by atoms with Crippen LogP contribution in [0.25, 0.3) is 5.82 Å². The number of nitrogens with zero attached hydrogens (tertiary/aromatic N) is 4. The fourth-order valence-electron chi connectivity index (χ4n) is 1.08. The van der Waals surface area contributed by atoms with E-state index in [9.17, 15) is 0 Å². The minimum Gasteiger partial charge on any atom is -0.396 e. The molecule has 0 spiro atoms. The van der Waals surface area contributed by atoms with E-state index in [0.717, 1.165) is 0 Å². The molecule has 2 N–H and O–H groups in total. The van der Waals surface area contributed by atoms with Gasteiger partial charge in [-0.05, 0) is 6.07 Å². The molecular weight excluding hydrogens is 178 g/mol. The van der Waals surface area contributed by atoms with Crippen molar-refractivity contribution < 1.29 is 0 Å². The number of anilines is 1. The zero-order valence-corrected chi connectivity index (χ0v) is 7.25. The summed E-state index contributed by atoms with van der Waals surface area (Å²) in [4.78, 5) is 4.05. The molecule has 0 aliphatic rings. The number of nitriles is 1. The van der Waals surface area contributed by atoms with Crippen molar-refractivity contribution in [1.29, 1.82) is 5.26 Å². The summed E-state index contributed by atoms with van der Waals surface area (Å²) in [5.74, 6) is 0.584. The molecule has 5 heteroatoms. The third kappa shape index (κ3) is 1.29. The first-order chi connectivity index (χ1) is 6.81. The van der Waals surface area contributed by atoms with Gasteiger partial charge in [0.05, 0.1) is 17.4 Å². The van der Waals surface area contributed by atoms with Gasteiger partial charge in [0.1, 0.15) is 6.07 Å². The maximum absolute atomic E-state index is 8.75. The molecule has 0 aromatic carbocycles. The van der Waals surface area contributed by atoms with Crippen molar-refractivity contribution in [3.8, 4) is 11.9 Å². The monoisotopic (exact) mass is 185 g/mol. The topological polar surface area (TPSA) is 80.5 Å². The zero-order valence-electron chi connectivity index (χ0n) is 7.25. The first-order valence-electron chi connectivity index (χ1n) is 3.97. The molecule has 14 heavy (non-hydrogen) atoms. The highest BCUT2D eigenvalue weighted by Crippen LogP contribution is 2.12. The Balaban J connectivity index is 2.53. The SMILES string of the molecule is N#Cc1cc(-n2cccn2)ncc1N. The first-order valence-corrected chi connectivity index (χ1v) is 3.97. The van der Waals surface area contributed by atoms with E-state index in [0.29, 0.717) is 17.1 Å². The lowest BCUT2D eigenvalue weighted by Crippen LogP contribution is -2.00. The van der Waals surface area contributed by atoms with E-state index in [1.165, 1.54) is 6.20 Å². The minimum absolute atomic E-state index is 0.378. The van der Waals surface area contributed by atoms with Gasteiger partial charge in [-0.2, -0.15) is 10.4 Å². The Bertz CT molecular complexity index is 480. The van der Waals surface area contributed by atoms with Crippen molar-refractivity contribution in [3.05, 3.63) is 36.3 Å². The summed E-state index contributed by atoms with van der Waals surface area (Å²) in [5, 5.41) is 12.7. The second-order valence-corrected chi connectivity index (χ2v) is 2.69. The van der Waals surface area contributed by atoms with Crippen molar-refractivity contribution in [2.45, 2.75) is 0 Å². The molecule has 0 saturated heterocycles. The van der Waals surface area contributed by atoms with E-state index in [-0.39, 0.29) is 0 Å². The highest BCUT2D eigenvalue weighted by atomic mass is 15.3. The van der Waals surface area contributed by atoms with E-state index in [4.69, 9.17) is 11.0 Å². The van der Waals surface area contributed by atoms with Gasteiger partial charge in [0.2, 0.25) is 0 Å². The van der Waals surface area contributed by atoms with Crippen molar-refractivity contribution in [2.75, 3.05) is 5.73 Å². The molecule has 0 radical (unpaired) electrons. The lowest BCUT2D eigenvalue weighted by Gasteiger charge is -2.01. The van der Waals surface area contributed by atoms with Crippen LogP contribution in [-0.2, 0) is 0 Å². The van der Waals surface area contributed by atoms with E-state index in [1.54, 1.807) is 29.2 Å². The van der Waals surface area contributed by atoms with Crippen LogP contribution in [0.3, 0.4) is 0 Å². The summed E-state index contributed by atoms with van der Waals surface area (Å²) in [5.41, 5.74) is 6.32. The molecule has 2 rings (SSSR count). The number of hydrogen-bond acceptors (Lipinski definition) is 4. The Kier molecular flexibility index (Phi) is 1.88. The predicted octanol–water partition coefficient (Wildman–Crippen LogP) is 0.721. The molecule has 0 unspecified atom stereocenters. The number of nitrogen functional groups attached to an aromatic ring is 1. The summed E-state index contributed by atoms with van der Waals surface area (Å²) in [7, 11) is 0. The molecule has 0 saturated carbocycles. The van der Waals surface area contributed by atoms with Gasteiger partial charge in [-0.3, -0.25) is 0 Å².